The number of ether oxygens (including phenoxy) is 1. The monoisotopic (exact) mass is 226 g/mol. The molecular formula is C13H26N2O. The van der Waals surface area contributed by atoms with Crippen LogP contribution in [0.15, 0.2) is 0 Å². The first-order valence-corrected chi connectivity index (χ1v) is 6.59. The summed E-state index contributed by atoms with van der Waals surface area (Å²) in [6.45, 7) is 13.4. The van der Waals surface area contributed by atoms with Crippen LogP contribution in [0.4, 0.5) is 0 Å². The van der Waals surface area contributed by atoms with Gasteiger partial charge in [0.2, 0.25) is 0 Å². The summed E-state index contributed by atoms with van der Waals surface area (Å²) >= 11 is 0. The van der Waals surface area contributed by atoms with Crippen LogP contribution in [0.25, 0.3) is 0 Å². The van der Waals surface area contributed by atoms with Crippen LogP contribution in [-0.2, 0) is 4.74 Å². The van der Waals surface area contributed by atoms with Crippen LogP contribution in [0, 0.1) is 0 Å². The lowest BCUT2D eigenvalue weighted by Gasteiger charge is -2.51. The summed E-state index contributed by atoms with van der Waals surface area (Å²) in [5.74, 6) is 0. The molecule has 0 amide bonds. The summed E-state index contributed by atoms with van der Waals surface area (Å²) in [5, 5.41) is 3.68. The molecule has 2 rings (SSSR count). The van der Waals surface area contributed by atoms with Gasteiger partial charge < -0.3 is 10.1 Å². The summed E-state index contributed by atoms with van der Waals surface area (Å²) in [5.41, 5.74) is 0.538. The standard InChI is InChI=1S/C13H26N2O/c1-5-12(3)9-15(11(2)8-14-12)13(4)6-7-16-10-13/h11,14H,5-10H2,1-4H3. The highest BCUT2D eigenvalue weighted by Gasteiger charge is 2.43. The first kappa shape index (κ1) is 12.3. The van der Waals surface area contributed by atoms with E-state index in [4.69, 9.17) is 4.74 Å². The minimum Gasteiger partial charge on any atom is -0.379 e. The van der Waals surface area contributed by atoms with Crippen molar-refractivity contribution in [1.29, 1.82) is 0 Å². The molecule has 0 aliphatic carbocycles. The topological polar surface area (TPSA) is 24.5 Å². The molecule has 3 atom stereocenters. The van der Waals surface area contributed by atoms with Crippen LogP contribution in [-0.4, -0.2) is 48.3 Å². The molecular weight excluding hydrogens is 200 g/mol. The number of hydrogen-bond donors (Lipinski definition) is 1. The Morgan fingerprint density at radius 1 is 1.44 bits per heavy atom. The molecule has 0 radical (unpaired) electrons. The minimum absolute atomic E-state index is 0.262. The van der Waals surface area contributed by atoms with Gasteiger partial charge >= 0.3 is 0 Å². The number of rotatable bonds is 2. The van der Waals surface area contributed by atoms with Gasteiger partial charge in [0.15, 0.2) is 0 Å². The zero-order valence-electron chi connectivity index (χ0n) is 11.2. The van der Waals surface area contributed by atoms with Crippen molar-refractivity contribution in [3.63, 3.8) is 0 Å². The predicted molar refractivity (Wildman–Crippen MR) is 66.7 cm³/mol. The SMILES string of the molecule is CCC1(C)CN(C2(C)CCOC2)C(C)CN1. The van der Waals surface area contributed by atoms with Gasteiger partial charge in [-0.05, 0) is 33.6 Å². The molecule has 0 aromatic heterocycles. The van der Waals surface area contributed by atoms with E-state index in [1.165, 1.54) is 12.8 Å². The maximum Gasteiger partial charge on any atom is 0.0648 e. The van der Waals surface area contributed by atoms with Gasteiger partial charge in [-0.2, -0.15) is 0 Å². The van der Waals surface area contributed by atoms with Crippen molar-refractivity contribution in [2.24, 2.45) is 0 Å². The Labute approximate surface area is 99.5 Å². The summed E-state index contributed by atoms with van der Waals surface area (Å²) in [4.78, 5) is 2.67. The highest BCUT2D eigenvalue weighted by molar-refractivity contribution is 5.01. The van der Waals surface area contributed by atoms with Crippen molar-refractivity contribution in [2.45, 2.75) is 57.7 Å². The molecule has 3 heteroatoms. The van der Waals surface area contributed by atoms with Crippen LogP contribution in [0.3, 0.4) is 0 Å². The van der Waals surface area contributed by atoms with E-state index in [1.807, 2.05) is 0 Å². The highest BCUT2D eigenvalue weighted by Crippen LogP contribution is 2.31. The third-order valence-corrected chi connectivity index (χ3v) is 4.55. The molecule has 0 bridgehead atoms. The number of nitrogens with one attached hydrogen (secondary N) is 1. The fourth-order valence-electron chi connectivity index (χ4n) is 2.93. The van der Waals surface area contributed by atoms with E-state index in [0.29, 0.717) is 6.04 Å². The fraction of sp³-hybridized carbons (Fsp3) is 1.00. The molecule has 2 aliphatic rings. The summed E-state index contributed by atoms with van der Waals surface area (Å²) in [6, 6.07) is 0.617. The smallest absolute Gasteiger partial charge is 0.0648 e. The van der Waals surface area contributed by atoms with Gasteiger partial charge in [-0.3, -0.25) is 4.90 Å². The Bertz CT molecular complexity index is 250. The molecule has 3 unspecified atom stereocenters. The van der Waals surface area contributed by atoms with Gasteiger partial charge in [-0.15, -0.1) is 0 Å². The molecule has 0 saturated carbocycles. The quantitative estimate of drug-likeness (QED) is 0.774. The van der Waals surface area contributed by atoms with Crippen LogP contribution in [0.5, 0.6) is 0 Å². The Balaban J connectivity index is 2.12. The average Bonchev–Trinajstić information content (AvgIpc) is 2.70. The van der Waals surface area contributed by atoms with Crippen molar-refractivity contribution >= 4 is 0 Å². The van der Waals surface area contributed by atoms with Crippen LogP contribution < -0.4 is 5.32 Å². The van der Waals surface area contributed by atoms with E-state index < -0.39 is 0 Å². The molecule has 94 valence electrons. The van der Waals surface area contributed by atoms with E-state index in [-0.39, 0.29) is 11.1 Å². The second-order valence-electron chi connectivity index (χ2n) is 6.07. The predicted octanol–water partition coefficient (Wildman–Crippen LogP) is 1.63. The molecule has 3 nitrogen and oxygen atoms in total. The van der Waals surface area contributed by atoms with Gasteiger partial charge in [-0.25, -0.2) is 0 Å². The molecule has 0 aromatic rings. The maximum atomic E-state index is 5.60. The van der Waals surface area contributed by atoms with E-state index in [9.17, 15) is 0 Å². The van der Waals surface area contributed by atoms with Crippen molar-refractivity contribution in [2.75, 3.05) is 26.3 Å². The molecule has 0 aromatic carbocycles. The van der Waals surface area contributed by atoms with Crippen LogP contribution in [0.2, 0.25) is 0 Å². The lowest BCUT2D eigenvalue weighted by molar-refractivity contribution is -0.00414. The zero-order chi connectivity index (χ0) is 11.8. The summed E-state index contributed by atoms with van der Waals surface area (Å²) in [7, 11) is 0. The first-order chi connectivity index (χ1) is 7.49. The Kier molecular flexibility index (Phi) is 3.30. The fourth-order valence-corrected chi connectivity index (χ4v) is 2.93. The van der Waals surface area contributed by atoms with Crippen molar-refractivity contribution < 1.29 is 4.74 Å². The first-order valence-electron chi connectivity index (χ1n) is 6.59. The third kappa shape index (κ3) is 2.13. The van der Waals surface area contributed by atoms with Gasteiger partial charge in [-0.1, -0.05) is 6.92 Å². The average molecular weight is 226 g/mol. The minimum atomic E-state index is 0.262. The van der Waals surface area contributed by atoms with Gasteiger partial charge in [0, 0.05) is 36.8 Å². The number of hydrogen-bond acceptors (Lipinski definition) is 3. The van der Waals surface area contributed by atoms with Gasteiger partial charge in [0.1, 0.15) is 0 Å². The Morgan fingerprint density at radius 3 is 2.75 bits per heavy atom. The normalized spacial score (nSPS) is 46.1. The lowest BCUT2D eigenvalue weighted by Crippen LogP contribution is -2.67. The largest absolute Gasteiger partial charge is 0.379 e. The molecule has 2 fully saturated rings. The van der Waals surface area contributed by atoms with Crippen molar-refractivity contribution in [3.8, 4) is 0 Å². The van der Waals surface area contributed by atoms with E-state index in [0.717, 1.165) is 26.3 Å². The lowest BCUT2D eigenvalue weighted by atomic mass is 9.88. The maximum absolute atomic E-state index is 5.60. The molecule has 2 aliphatic heterocycles. The molecule has 2 saturated heterocycles. The zero-order valence-corrected chi connectivity index (χ0v) is 11.2. The second-order valence-corrected chi connectivity index (χ2v) is 6.07. The molecule has 1 N–H and O–H groups in total. The highest BCUT2D eigenvalue weighted by atomic mass is 16.5. The molecule has 16 heavy (non-hydrogen) atoms. The third-order valence-electron chi connectivity index (χ3n) is 4.55. The number of nitrogens with zero attached hydrogens (tertiary/aromatic N) is 1. The number of piperazine rings is 1. The molecule has 2 heterocycles. The van der Waals surface area contributed by atoms with Gasteiger partial charge in [0.25, 0.3) is 0 Å². The Hall–Kier alpha value is -0.120. The Morgan fingerprint density at radius 2 is 2.19 bits per heavy atom. The van der Waals surface area contributed by atoms with E-state index >= 15 is 0 Å². The van der Waals surface area contributed by atoms with Crippen molar-refractivity contribution in [1.82, 2.24) is 10.2 Å². The van der Waals surface area contributed by atoms with Crippen LogP contribution in [0.1, 0.15) is 40.5 Å². The van der Waals surface area contributed by atoms with E-state index in [2.05, 4.69) is 37.9 Å². The summed E-state index contributed by atoms with van der Waals surface area (Å²) in [6.07, 6.45) is 2.37. The van der Waals surface area contributed by atoms with Crippen LogP contribution >= 0.6 is 0 Å². The second kappa shape index (κ2) is 4.28. The molecule has 0 spiro atoms. The van der Waals surface area contributed by atoms with Gasteiger partial charge in [0.05, 0.1) is 6.61 Å². The van der Waals surface area contributed by atoms with E-state index in [1.54, 1.807) is 0 Å². The van der Waals surface area contributed by atoms with Crippen molar-refractivity contribution in [3.05, 3.63) is 0 Å². The summed E-state index contributed by atoms with van der Waals surface area (Å²) < 4.78 is 5.60.